The second-order valence-corrected chi connectivity index (χ2v) is 7.78. The average molecular weight is 472 g/mol. The van der Waals surface area contributed by atoms with Crippen molar-refractivity contribution in [1.82, 2.24) is 15.5 Å². The van der Waals surface area contributed by atoms with Gasteiger partial charge in [-0.15, -0.1) is 10.2 Å². The zero-order chi connectivity index (χ0) is 21.5. The fourth-order valence-electron chi connectivity index (χ4n) is 2.71. The molecule has 1 aromatic heterocycles. The highest BCUT2D eigenvalue weighted by Gasteiger charge is 2.14. The number of carbonyl (C=O) groups excluding carboxylic acids is 2. The first kappa shape index (κ1) is 21.7. The first-order valence-electron chi connectivity index (χ1n) is 9.50. The van der Waals surface area contributed by atoms with Gasteiger partial charge in [0.2, 0.25) is 11.8 Å². The molecule has 2 aromatic carbocycles. The lowest BCUT2D eigenvalue weighted by Gasteiger charge is -2.14. The molecule has 3 aromatic rings. The van der Waals surface area contributed by atoms with Crippen molar-refractivity contribution in [3.63, 3.8) is 0 Å². The maximum Gasteiger partial charge on any atom is 0.306 e. The number of halogens is 1. The van der Waals surface area contributed by atoms with Crippen molar-refractivity contribution >= 4 is 27.8 Å². The third-order valence-corrected chi connectivity index (χ3v) is 4.95. The standard InChI is InChI=1S/C22H22BrN3O4/c1-14-3-5-17(6-4-14)22-26-25-20(30-22)11-12-21(28)29-13-19(27)24-15(2)16-7-9-18(23)10-8-16/h3-10,15H,11-13H2,1-2H3,(H,24,27). The second-order valence-electron chi connectivity index (χ2n) is 6.87. The van der Waals surface area contributed by atoms with Gasteiger partial charge < -0.3 is 14.5 Å². The Morgan fingerprint density at radius 3 is 2.50 bits per heavy atom. The minimum Gasteiger partial charge on any atom is -0.456 e. The third kappa shape index (κ3) is 6.25. The maximum absolute atomic E-state index is 12.0. The molecular weight excluding hydrogens is 450 g/mol. The summed E-state index contributed by atoms with van der Waals surface area (Å²) in [5.41, 5.74) is 2.91. The highest BCUT2D eigenvalue weighted by molar-refractivity contribution is 9.10. The summed E-state index contributed by atoms with van der Waals surface area (Å²) in [4.78, 5) is 23.9. The van der Waals surface area contributed by atoms with Gasteiger partial charge in [-0.25, -0.2) is 0 Å². The predicted molar refractivity (Wildman–Crippen MR) is 114 cm³/mol. The predicted octanol–water partition coefficient (Wildman–Crippen LogP) is 4.16. The average Bonchev–Trinajstić information content (AvgIpc) is 3.21. The van der Waals surface area contributed by atoms with E-state index in [9.17, 15) is 9.59 Å². The molecule has 30 heavy (non-hydrogen) atoms. The molecule has 0 saturated heterocycles. The van der Waals surface area contributed by atoms with Gasteiger partial charge >= 0.3 is 5.97 Å². The molecule has 0 radical (unpaired) electrons. The largest absolute Gasteiger partial charge is 0.456 e. The summed E-state index contributed by atoms with van der Waals surface area (Å²) in [6.07, 6.45) is 0.291. The molecule has 156 valence electrons. The molecule has 1 amide bonds. The Labute approximate surface area is 183 Å². The van der Waals surface area contributed by atoms with Crippen molar-refractivity contribution in [2.24, 2.45) is 0 Å². The molecule has 0 spiro atoms. The summed E-state index contributed by atoms with van der Waals surface area (Å²) in [6, 6.07) is 15.1. The molecule has 0 fully saturated rings. The molecule has 0 aliphatic rings. The number of benzene rings is 2. The van der Waals surface area contributed by atoms with E-state index in [1.807, 2.05) is 62.4 Å². The highest BCUT2D eigenvalue weighted by atomic mass is 79.9. The fourth-order valence-corrected chi connectivity index (χ4v) is 2.98. The van der Waals surface area contributed by atoms with E-state index < -0.39 is 5.97 Å². The van der Waals surface area contributed by atoms with E-state index in [4.69, 9.17) is 9.15 Å². The molecule has 1 heterocycles. The first-order valence-corrected chi connectivity index (χ1v) is 10.3. The quantitative estimate of drug-likeness (QED) is 0.495. The van der Waals surface area contributed by atoms with Crippen LogP contribution in [-0.2, 0) is 20.7 Å². The smallest absolute Gasteiger partial charge is 0.306 e. The van der Waals surface area contributed by atoms with Crippen LogP contribution in [0.15, 0.2) is 57.4 Å². The molecule has 8 heteroatoms. The molecular formula is C22H22BrN3O4. The van der Waals surface area contributed by atoms with E-state index in [0.717, 1.165) is 21.2 Å². The zero-order valence-electron chi connectivity index (χ0n) is 16.7. The van der Waals surface area contributed by atoms with Crippen LogP contribution in [0.3, 0.4) is 0 Å². The lowest BCUT2D eigenvalue weighted by atomic mass is 10.1. The summed E-state index contributed by atoms with van der Waals surface area (Å²) in [5.74, 6) is -0.120. The van der Waals surface area contributed by atoms with Gasteiger partial charge in [0.05, 0.1) is 12.5 Å². The van der Waals surface area contributed by atoms with Gasteiger partial charge in [0.15, 0.2) is 6.61 Å². The number of nitrogens with one attached hydrogen (secondary N) is 1. The third-order valence-electron chi connectivity index (χ3n) is 4.42. The Hall–Kier alpha value is -3.00. The number of hydrogen-bond donors (Lipinski definition) is 1. The summed E-state index contributed by atoms with van der Waals surface area (Å²) in [5, 5.41) is 10.8. The minimum absolute atomic E-state index is 0.0467. The van der Waals surface area contributed by atoms with Gasteiger partial charge in [-0.2, -0.15) is 0 Å². The van der Waals surface area contributed by atoms with E-state index >= 15 is 0 Å². The zero-order valence-corrected chi connectivity index (χ0v) is 18.3. The van der Waals surface area contributed by atoms with Crippen LogP contribution in [0.4, 0.5) is 0 Å². The van der Waals surface area contributed by atoms with Crippen molar-refractivity contribution in [3.05, 3.63) is 70.0 Å². The minimum atomic E-state index is -0.503. The lowest BCUT2D eigenvalue weighted by molar-refractivity contribution is -0.148. The second kappa shape index (κ2) is 10.2. The lowest BCUT2D eigenvalue weighted by Crippen LogP contribution is -2.31. The normalized spacial score (nSPS) is 11.7. The van der Waals surface area contributed by atoms with Gasteiger partial charge in [-0.1, -0.05) is 45.8 Å². The van der Waals surface area contributed by atoms with E-state index in [0.29, 0.717) is 11.8 Å². The van der Waals surface area contributed by atoms with Crippen LogP contribution in [0.1, 0.15) is 36.4 Å². The molecule has 1 atom stereocenters. The van der Waals surface area contributed by atoms with E-state index in [2.05, 4.69) is 31.4 Å². The Morgan fingerprint density at radius 1 is 1.10 bits per heavy atom. The van der Waals surface area contributed by atoms with Crippen LogP contribution in [0.2, 0.25) is 0 Å². The molecule has 7 nitrogen and oxygen atoms in total. The number of ether oxygens (including phenoxy) is 1. The fraction of sp³-hybridized carbons (Fsp3) is 0.273. The molecule has 0 aliphatic heterocycles. The van der Waals surface area contributed by atoms with Gasteiger partial charge in [-0.05, 0) is 43.7 Å². The van der Waals surface area contributed by atoms with Gasteiger partial charge in [0, 0.05) is 16.5 Å². The molecule has 3 rings (SSSR count). The number of aryl methyl sites for hydroxylation is 2. The summed E-state index contributed by atoms with van der Waals surface area (Å²) in [7, 11) is 0. The van der Waals surface area contributed by atoms with Gasteiger partial charge in [-0.3, -0.25) is 9.59 Å². The Kier molecular flexibility index (Phi) is 7.35. The number of esters is 1. The van der Waals surface area contributed by atoms with Crippen LogP contribution < -0.4 is 5.32 Å². The van der Waals surface area contributed by atoms with Crippen LogP contribution in [0.5, 0.6) is 0 Å². The Morgan fingerprint density at radius 2 is 1.80 bits per heavy atom. The first-order chi connectivity index (χ1) is 14.4. The Bertz CT molecular complexity index is 1000. The van der Waals surface area contributed by atoms with Gasteiger partial charge in [0.25, 0.3) is 5.91 Å². The highest BCUT2D eigenvalue weighted by Crippen LogP contribution is 2.19. The number of nitrogens with zero attached hydrogens (tertiary/aromatic N) is 2. The molecule has 0 bridgehead atoms. The summed E-state index contributed by atoms with van der Waals surface area (Å²) < 4.78 is 11.6. The number of hydrogen-bond acceptors (Lipinski definition) is 6. The van der Waals surface area contributed by atoms with Gasteiger partial charge in [0.1, 0.15) is 0 Å². The van der Waals surface area contributed by atoms with Crippen molar-refractivity contribution < 1.29 is 18.7 Å². The molecule has 0 aliphatic carbocycles. The van der Waals surface area contributed by atoms with E-state index in [-0.39, 0.29) is 31.4 Å². The number of carbonyl (C=O) groups is 2. The molecule has 0 saturated carbocycles. The van der Waals surface area contributed by atoms with Crippen molar-refractivity contribution in [2.75, 3.05) is 6.61 Å². The summed E-state index contributed by atoms with van der Waals surface area (Å²) >= 11 is 3.37. The maximum atomic E-state index is 12.0. The number of rotatable bonds is 8. The topological polar surface area (TPSA) is 94.3 Å². The SMILES string of the molecule is Cc1ccc(-c2nnc(CCC(=O)OCC(=O)NC(C)c3ccc(Br)cc3)o2)cc1. The van der Waals surface area contributed by atoms with Crippen molar-refractivity contribution in [3.8, 4) is 11.5 Å². The Balaban J connectivity index is 1.41. The van der Waals surface area contributed by atoms with Crippen LogP contribution in [-0.4, -0.2) is 28.7 Å². The number of amides is 1. The van der Waals surface area contributed by atoms with E-state index in [1.54, 1.807) is 0 Å². The van der Waals surface area contributed by atoms with Crippen LogP contribution >= 0.6 is 15.9 Å². The molecule has 1 unspecified atom stereocenters. The molecule has 1 N–H and O–H groups in total. The number of aromatic nitrogens is 2. The monoisotopic (exact) mass is 471 g/mol. The van der Waals surface area contributed by atoms with Crippen molar-refractivity contribution in [2.45, 2.75) is 32.7 Å². The van der Waals surface area contributed by atoms with Crippen molar-refractivity contribution in [1.29, 1.82) is 0 Å². The summed E-state index contributed by atoms with van der Waals surface area (Å²) in [6.45, 7) is 3.53. The van der Waals surface area contributed by atoms with E-state index in [1.165, 1.54) is 0 Å². The van der Waals surface area contributed by atoms with Crippen LogP contribution in [0.25, 0.3) is 11.5 Å². The van der Waals surface area contributed by atoms with Crippen LogP contribution in [0, 0.1) is 6.92 Å².